The number of ether oxygens (including phenoxy) is 2. The number of aliphatic hydroxyl groups is 1. The molecule has 2 atom stereocenters. The molecule has 1 saturated heterocycles. The second-order valence-electron chi connectivity index (χ2n) is 8.90. The molecule has 2 aromatic rings. The Labute approximate surface area is 188 Å². The molecule has 7 nitrogen and oxygen atoms in total. The quantitative estimate of drug-likeness (QED) is 0.717. The summed E-state index contributed by atoms with van der Waals surface area (Å²) in [7, 11) is 0. The SMILES string of the molecule is O=C1c2ccc(O[C@@H]3CCNC3)cc2OCCN1C[C@H](O)CN1CCc2ccccc2C1. The molecule has 1 fully saturated rings. The molecule has 32 heavy (non-hydrogen) atoms. The minimum Gasteiger partial charge on any atom is -0.491 e. The molecule has 0 radical (unpaired) electrons. The Hall–Kier alpha value is -2.61. The van der Waals surface area contributed by atoms with Gasteiger partial charge in [-0.05, 0) is 42.6 Å². The lowest BCUT2D eigenvalue weighted by Crippen LogP contribution is -2.44. The van der Waals surface area contributed by atoms with Gasteiger partial charge in [0.2, 0.25) is 0 Å². The van der Waals surface area contributed by atoms with Crippen molar-refractivity contribution < 1.29 is 19.4 Å². The monoisotopic (exact) mass is 437 g/mol. The number of amides is 1. The summed E-state index contributed by atoms with van der Waals surface area (Å²) in [6.07, 6.45) is 1.52. The van der Waals surface area contributed by atoms with E-state index in [1.165, 1.54) is 11.1 Å². The number of hydrogen-bond donors (Lipinski definition) is 2. The van der Waals surface area contributed by atoms with E-state index in [0.29, 0.717) is 37.6 Å². The van der Waals surface area contributed by atoms with Gasteiger partial charge in [-0.25, -0.2) is 0 Å². The number of β-amino-alcohol motifs (C(OH)–C–C–N with tert-alkyl or cyclic N) is 1. The van der Waals surface area contributed by atoms with Crippen LogP contribution in [0.2, 0.25) is 0 Å². The first-order chi connectivity index (χ1) is 15.7. The third kappa shape index (κ3) is 4.75. The Morgan fingerprint density at radius 1 is 1.16 bits per heavy atom. The molecule has 3 aliphatic heterocycles. The number of nitrogens with zero attached hydrogens (tertiary/aromatic N) is 2. The lowest BCUT2D eigenvalue weighted by atomic mass is 10.00. The summed E-state index contributed by atoms with van der Waals surface area (Å²) in [4.78, 5) is 17.1. The highest BCUT2D eigenvalue weighted by Crippen LogP contribution is 2.29. The van der Waals surface area contributed by atoms with E-state index in [-0.39, 0.29) is 12.0 Å². The second kappa shape index (κ2) is 9.48. The first-order valence-corrected chi connectivity index (χ1v) is 11.6. The minimum absolute atomic E-state index is 0.102. The maximum absolute atomic E-state index is 13.2. The average Bonchev–Trinajstić information content (AvgIpc) is 3.26. The lowest BCUT2D eigenvalue weighted by molar-refractivity contribution is 0.0501. The fourth-order valence-corrected chi connectivity index (χ4v) is 4.83. The van der Waals surface area contributed by atoms with Gasteiger partial charge in [-0.3, -0.25) is 9.69 Å². The predicted molar refractivity (Wildman–Crippen MR) is 121 cm³/mol. The molecule has 0 unspecified atom stereocenters. The molecule has 3 heterocycles. The van der Waals surface area contributed by atoms with Crippen molar-refractivity contribution in [3.8, 4) is 11.5 Å². The molecule has 3 aliphatic rings. The summed E-state index contributed by atoms with van der Waals surface area (Å²) in [6, 6.07) is 13.9. The van der Waals surface area contributed by atoms with E-state index in [0.717, 1.165) is 44.8 Å². The van der Waals surface area contributed by atoms with Gasteiger partial charge in [0.05, 0.1) is 18.2 Å². The predicted octanol–water partition coefficient (Wildman–Crippen LogP) is 1.68. The highest BCUT2D eigenvalue weighted by atomic mass is 16.5. The van der Waals surface area contributed by atoms with Gasteiger partial charge >= 0.3 is 0 Å². The molecule has 2 N–H and O–H groups in total. The van der Waals surface area contributed by atoms with E-state index >= 15 is 0 Å². The lowest BCUT2D eigenvalue weighted by Gasteiger charge is -2.32. The van der Waals surface area contributed by atoms with Crippen molar-refractivity contribution in [3.63, 3.8) is 0 Å². The van der Waals surface area contributed by atoms with Crippen LogP contribution in [-0.2, 0) is 13.0 Å². The minimum atomic E-state index is -0.608. The Kier molecular flexibility index (Phi) is 6.30. The van der Waals surface area contributed by atoms with Crippen LogP contribution in [0.15, 0.2) is 42.5 Å². The molecule has 0 spiro atoms. The zero-order valence-corrected chi connectivity index (χ0v) is 18.3. The van der Waals surface area contributed by atoms with Gasteiger partial charge in [0.1, 0.15) is 24.2 Å². The maximum atomic E-state index is 13.2. The molecule has 0 aliphatic carbocycles. The fraction of sp³-hybridized carbons (Fsp3) is 0.480. The molecule has 0 aromatic heterocycles. The summed E-state index contributed by atoms with van der Waals surface area (Å²) < 4.78 is 11.9. The first kappa shape index (κ1) is 21.2. The molecular formula is C25H31N3O4. The van der Waals surface area contributed by atoms with Gasteiger partial charge in [0.15, 0.2) is 0 Å². The van der Waals surface area contributed by atoms with E-state index in [1.807, 2.05) is 12.1 Å². The molecule has 5 rings (SSSR count). The number of hydrogen-bond acceptors (Lipinski definition) is 6. The molecule has 1 amide bonds. The van der Waals surface area contributed by atoms with Crippen molar-refractivity contribution in [1.82, 2.24) is 15.1 Å². The number of carbonyl (C=O) groups excluding carboxylic acids is 1. The van der Waals surface area contributed by atoms with Crippen LogP contribution >= 0.6 is 0 Å². The zero-order valence-electron chi connectivity index (χ0n) is 18.3. The van der Waals surface area contributed by atoms with Gasteiger partial charge in [0.25, 0.3) is 5.91 Å². The van der Waals surface area contributed by atoms with Crippen LogP contribution in [0, 0.1) is 0 Å². The highest BCUT2D eigenvalue weighted by molar-refractivity contribution is 5.97. The molecule has 0 saturated carbocycles. The van der Waals surface area contributed by atoms with Crippen LogP contribution in [0.4, 0.5) is 0 Å². The van der Waals surface area contributed by atoms with Crippen LogP contribution in [0.1, 0.15) is 27.9 Å². The number of fused-ring (bicyclic) bond motifs is 2. The van der Waals surface area contributed by atoms with Crippen molar-refractivity contribution in [3.05, 3.63) is 59.2 Å². The molecule has 2 aromatic carbocycles. The second-order valence-corrected chi connectivity index (χ2v) is 8.90. The van der Waals surface area contributed by atoms with Crippen molar-refractivity contribution in [2.24, 2.45) is 0 Å². The Balaban J connectivity index is 1.20. The summed E-state index contributed by atoms with van der Waals surface area (Å²) in [5, 5.41) is 14.0. The van der Waals surface area contributed by atoms with Gasteiger partial charge in [0, 0.05) is 38.8 Å². The average molecular weight is 438 g/mol. The smallest absolute Gasteiger partial charge is 0.257 e. The Morgan fingerprint density at radius 2 is 2.03 bits per heavy atom. The van der Waals surface area contributed by atoms with Crippen LogP contribution in [0.5, 0.6) is 11.5 Å². The van der Waals surface area contributed by atoms with Crippen LogP contribution in [0.3, 0.4) is 0 Å². The van der Waals surface area contributed by atoms with Crippen molar-refractivity contribution in [2.75, 3.05) is 45.9 Å². The van der Waals surface area contributed by atoms with E-state index in [1.54, 1.807) is 11.0 Å². The number of benzene rings is 2. The van der Waals surface area contributed by atoms with E-state index in [9.17, 15) is 9.90 Å². The third-order valence-electron chi connectivity index (χ3n) is 6.52. The van der Waals surface area contributed by atoms with Gasteiger partial charge in [-0.2, -0.15) is 0 Å². The van der Waals surface area contributed by atoms with Crippen molar-refractivity contribution in [1.29, 1.82) is 0 Å². The maximum Gasteiger partial charge on any atom is 0.257 e. The highest BCUT2D eigenvalue weighted by Gasteiger charge is 2.27. The van der Waals surface area contributed by atoms with Gasteiger partial charge in [-0.15, -0.1) is 0 Å². The third-order valence-corrected chi connectivity index (χ3v) is 6.52. The molecule has 170 valence electrons. The summed E-state index contributed by atoms with van der Waals surface area (Å²) in [6.45, 7) is 5.27. The van der Waals surface area contributed by atoms with E-state index in [4.69, 9.17) is 9.47 Å². The van der Waals surface area contributed by atoms with Gasteiger partial charge in [-0.1, -0.05) is 24.3 Å². The number of carbonyl (C=O) groups is 1. The standard InChI is InChI=1S/C25H31N3O4/c29-20(16-27-10-8-18-3-1-2-4-19(18)15-27)17-28-11-12-31-24-13-21(5-6-23(24)25(28)30)32-22-7-9-26-14-22/h1-6,13,20,22,26,29H,7-12,14-17H2/t20-,22-/m1/s1. The summed E-state index contributed by atoms with van der Waals surface area (Å²) in [5.41, 5.74) is 3.24. The number of rotatable bonds is 6. The number of nitrogens with one attached hydrogen (secondary N) is 1. The largest absolute Gasteiger partial charge is 0.491 e. The van der Waals surface area contributed by atoms with E-state index in [2.05, 4.69) is 34.5 Å². The normalized spacial score (nSPS) is 22.0. The summed E-state index contributed by atoms with van der Waals surface area (Å²) in [5.74, 6) is 1.18. The van der Waals surface area contributed by atoms with Crippen molar-refractivity contribution >= 4 is 5.91 Å². The topological polar surface area (TPSA) is 74.3 Å². The van der Waals surface area contributed by atoms with Crippen LogP contribution in [0.25, 0.3) is 0 Å². The van der Waals surface area contributed by atoms with Crippen LogP contribution < -0.4 is 14.8 Å². The van der Waals surface area contributed by atoms with E-state index < -0.39 is 6.10 Å². The summed E-state index contributed by atoms with van der Waals surface area (Å²) >= 11 is 0. The molecule has 0 bridgehead atoms. The molecular weight excluding hydrogens is 406 g/mol. The fourth-order valence-electron chi connectivity index (χ4n) is 4.83. The number of aliphatic hydroxyl groups excluding tert-OH is 1. The Bertz CT molecular complexity index is 960. The molecule has 7 heteroatoms. The van der Waals surface area contributed by atoms with Gasteiger partial charge < -0.3 is 24.8 Å². The zero-order chi connectivity index (χ0) is 21.9. The van der Waals surface area contributed by atoms with Crippen LogP contribution in [-0.4, -0.2) is 78.9 Å². The first-order valence-electron chi connectivity index (χ1n) is 11.6. The Morgan fingerprint density at radius 3 is 2.88 bits per heavy atom. The van der Waals surface area contributed by atoms with Crippen molar-refractivity contribution in [2.45, 2.75) is 31.6 Å².